The van der Waals surface area contributed by atoms with Crippen LogP contribution in [0.15, 0.2) is 63.8 Å². The van der Waals surface area contributed by atoms with Gasteiger partial charge in [0.15, 0.2) is 5.43 Å². The molecule has 2 aliphatic rings. The third-order valence-electron chi connectivity index (χ3n) is 5.08. The molecule has 35 heavy (non-hydrogen) atoms. The Morgan fingerprint density at radius 2 is 1.63 bits per heavy atom. The van der Waals surface area contributed by atoms with E-state index < -0.39 is 30.3 Å². The van der Waals surface area contributed by atoms with E-state index in [0.29, 0.717) is 16.5 Å². The van der Waals surface area contributed by atoms with Crippen molar-refractivity contribution in [3.8, 4) is 28.2 Å². The van der Waals surface area contributed by atoms with Crippen molar-refractivity contribution in [2.45, 2.75) is 0 Å². The van der Waals surface area contributed by atoms with E-state index in [0.717, 1.165) is 0 Å². The second kappa shape index (κ2) is 8.98. The van der Waals surface area contributed by atoms with Gasteiger partial charge in [0, 0.05) is 34.3 Å². The van der Waals surface area contributed by atoms with Gasteiger partial charge in [-0.2, -0.15) is 0 Å². The number of hydrogen-bond donors (Lipinski definition) is 5. The lowest BCUT2D eigenvalue weighted by molar-refractivity contribution is -0.150. The van der Waals surface area contributed by atoms with Crippen LogP contribution in [-0.2, 0) is 14.4 Å². The van der Waals surface area contributed by atoms with Crippen molar-refractivity contribution >= 4 is 40.4 Å². The molecule has 0 radical (unpaired) electrons. The normalized spacial score (nSPS) is 10.7. The zero-order chi connectivity index (χ0) is 25.3. The standard InChI is InChI=1S/C24H16N2O9/c27-12-2-5-15-18(8-12)35-19-9-13(28)3-6-16(19)21(15)14-4-1-11(7-17(14)23(31)32)26-20(29)10-25-22(30)24(33)34/h1-9,27H,10H2,(H,25,30)(H,26,29)(H,31,32)(H,33,34). The number of hydrogen-bond acceptors (Lipinski definition) is 7. The van der Waals surface area contributed by atoms with Crippen molar-refractivity contribution in [2.75, 3.05) is 11.9 Å². The molecule has 0 spiro atoms. The molecule has 2 aromatic rings. The van der Waals surface area contributed by atoms with Gasteiger partial charge in [-0.3, -0.25) is 14.4 Å². The van der Waals surface area contributed by atoms with Crippen LogP contribution in [0.5, 0.6) is 5.75 Å². The van der Waals surface area contributed by atoms with Crippen LogP contribution in [0.3, 0.4) is 0 Å². The highest BCUT2D eigenvalue weighted by atomic mass is 16.4. The Kier molecular flexibility index (Phi) is 5.90. The van der Waals surface area contributed by atoms with Gasteiger partial charge >= 0.3 is 17.8 Å². The highest BCUT2D eigenvalue weighted by Gasteiger charge is 2.22. The van der Waals surface area contributed by atoms with Crippen molar-refractivity contribution < 1.29 is 38.9 Å². The molecule has 2 amide bonds. The molecule has 0 aromatic heterocycles. The predicted molar refractivity (Wildman–Crippen MR) is 122 cm³/mol. The maximum absolute atomic E-state index is 12.2. The minimum atomic E-state index is -1.75. The molecule has 1 aliphatic carbocycles. The molecule has 0 bridgehead atoms. The van der Waals surface area contributed by atoms with E-state index in [1.54, 1.807) is 6.07 Å². The Labute approximate surface area is 195 Å². The number of nitrogens with one attached hydrogen (secondary N) is 2. The van der Waals surface area contributed by atoms with Gasteiger partial charge in [-0.25, -0.2) is 9.59 Å². The molecule has 4 rings (SSSR count). The monoisotopic (exact) mass is 476 g/mol. The molecule has 11 heteroatoms. The van der Waals surface area contributed by atoms with Crippen LogP contribution in [0.25, 0.3) is 33.4 Å². The average Bonchev–Trinajstić information content (AvgIpc) is 2.80. The smallest absolute Gasteiger partial charge is 0.394 e. The molecule has 2 aromatic carbocycles. The Hall–Kier alpha value is -5.19. The molecule has 0 saturated heterocycles. The number of aromatic hydroxyl groups is 1. The van der Waals surface area contributed by atoms with E-state index >= 15 is 0 Å². The molecule has 5 N–H and O–H groups in total. The first-order chi connectivity index (χ1) is 16.6. The maximum atomic E-state index is 12.2. The van der Waals surface area contributed by atoms with Gasteiger partial charge in [-0.1, -0.05) is 6.07 Å². The van der Waals surface area contributed by atoms with Crippen LogP contribution >= 0.6 is 0 Å². The first-order valence-corrected chi connectivity index (χ1v) is 10.0. The van der Waals surface area contributed by atoms with Crippen molar-refractivity contribution in [1.29, 1.82) is 0 Å². The summed E-state index contributed by atoms with van der Waals surface area (Å²) in [7, 11) is 0. The summed E-state index contributed by atoms with van der Waals surface area (Å²) < 4.78 is 5.77. The number of aliphatic carboxylic acids is 1. The zero-order valence-electron chi connectivity index (χ0n) is 17.7. The third-order valence-corrected chi connectivity index (χ3v) is 5.08. The summed E-state index contributed by atoms with van der Waals surface area (Å²) in [5.41, 5.74) is 0.951. The van der Waals surface area contributed by atoms with Crippen molar-refractivity contribution in [3.05, 3.63) is 70.4 Å². The summed E-state index contributed by atoms with van der Waals surface area (Å²) in [6.07, 6.45) is 0. The largest absolute Gasteiger partial charge is 0.508 e. The third kappa shape index (κ3) is 4.64. The summed E-state index contributed by atoms with van der Waals surface area (Å²) in [5.74, 6) is -5.08. The van der Waals surface area contributed by atoms with Gasteiger partial charge in [-0.15, -0.1) is 0 Å². The Bertz CT molecular complexity index is 1550. The Morgan fingerprint density at radius 3 is 2.34 bits per heavy atom. The quantitative estimate of drug-likeness (QED) is 0.213. The summed E-state index contributed by atoms with van der Waals surface area (Å²) in [5, 5.41) is 33.1. The first-order valence-electron chi connectivity index (χ1n) is 10.0. The Balaban J connectivity index is 1.81. The summed E-state index contributed by atoms with van der Waals surface area (Å²) in [4.78, 5) is 57.7. The van der Waals surface area contributed by atoms with Crippen LogP contribution in [0.4, 0.5) is 5.69 Å². The second-order valence-electron chi connectivity index (χ2n) is 7.42. The lowest BCUT2D eigenvalue weighted by atomic mass is 9.90. The second-order valence-corrected chi connectivity index (χ2v) is 7.42. The van der Waals surface area contributed by atoms with Crippen LogP contribution in [0, 0.1) is 0 Å². The highest BCUT2D eigenvalue weighted by molar-refractivity contribution is 6.31. The van der Waals surface area contributed by atoms with Gasteiger partial charge < -0.3 is 30.4 Å². The number of anilines is 1. The topological polar surface area (TPSA) is 183 Å². The number of phenols is 1. The molecule has 0 atom stereocenters. The van der Waals surface area contributed by atoms with Crippen LogP contribution < -0.4 is 16.1 Å². The molecule has 176 valence electrons. The van der Waals surface area contributed by atoms with E-state index in [-0.39, 0.29) is 39.3 Å². The molecular formula is C24H16N2O9. The summed E-state index contributed by atoms with van der Waals surface area (Å²) in [6, 6.07) is 12.5. The number of amides is 2. The molecule has 1 heterocycles. The average molecular weight is 476 g/mol. The summed E-state index contributed by atoms with van der Waals surface area (Å²) >= 11 is 0. The maximum Gasteiger partial charge on any atom is 0.394 e. The number of carboxylic acid groups (broad SMARTS) is 2. The fourth-order valence-corrected chi connectivity index (χ4v) is 3.61. The molecule has 0 fully saturated rings. The highest BCUT2D eigenvalue weighted by Crippen LogP contribution is 2.42. The van der Waals surface area contributed by atoms with E-state index in [1.807, 2.05) is 5.32 Å². The van der Waals surface area contributed by atoms with Gasteiger partial charge in [0.2, 0.25) is 5.91 Å². The van der Waals surface area contributed by atoms with Gasteiger partial charge in [0.25, 0.3) is 0 Å². The lowest BCUT2D eigenvalue weighted by Crippen LogP contribution is -2.36. The number of benzene rings is 3. The lowest BCUT2D eigenvalue weighted by Gasteiger charge is -2.17. The van der Waals surface area contributed by atoms with Crippen LogP contribution in [0.2, 0.25) is 0 Å². The number of carboxylic acids is 2. The van der Waals surface area contributed by atoms with E-state index in [1.165, 1.54) is 48.5 Å². The first kappa shape index (κ1) is 23.0. The molecule has 1 aliphatic heterocycles. The summed E-state index contributed by atoms with van der Waals surface area (Å²) in [6.45, 7) is -0.633. The fraction of sp³-hybridized carbons (Fsp3) is 0.0417. The molecule has 11 nitrogen and oxygen atoms in total. The van der Waals surface area contributed by atoms with E-state index in [2.05, 4.69) is 5.32 Å². The number of carbonyl (C=O) groups is 4. The zero-order valence-corrected chi connectivity index (χ0v) is 17.7. The number of aromatic carboxylic acids is 1. The molecule has 0 saturated carbocycles. The number of phenolic OH excluding ortho intramolecular Hbond substituents is 1. The predicted octanol–water partition coefficient (Wildman–Crippen LogP) is 2.11. The van der Waals surface area contributed by atoms with E-state index in [4.69, 9.17) is 9.52 Å². The van der Waals surface area contributed by atoms with Crippen molar-refractivity contribution in [2.24, 2.45) is 0 Å². The number of fused-ring (bicyclic) bond motifs is 2. The minimum Gasteiger partial charge on any atom is -0.508 e. The Morgan fingerprint density at radius 1 is 0.886 bits per heavy atom. The van der Waals surface area contributed by atoms with Crippen molar-refractivity contribution in [1.82, 2.24) is 5.32 Å². The van der Waals surface area contributed by atoms with E-state index in [9.17, 15) is 34.2 Å². The van der Waals surface area contributed by atoms with Crippen molar-refractivity contribution in [3.63, 3.8) is 0 Å². The fourth-order valence-electron chi connectivity index (χ4n) is 3.61. The molecule has 0 unspecified atom stereocenters. The van der Waals surface area contributed by atoms with Gasteiger partial charge in [0.05, 0.1) is 12.1 Å². The molecular weight excluding hydrogens is 460 g/mol. The number of carbonyl (C=O) groups excluding carboxylic acids is 2. The SMILES string of the molecule is O=C(CNC(=O)C(=O)O)Nc1ccc(-c2c3ccc(=O)cc-3oc3cc(O)ccc23)c(C(=O)O)c1. The van der Waals surface area contributed by atoms with Gasteiger partial charge in [-0.05, 0) is 42.0 Å². The van der Waals surface area contributed by atoms with Gasteiger partial charge in [0.1, 0.15) is 17.1 Å². The van der Waals surface area contributed by atoms with Crippen LogP contribution in [-0.4, -0.2) is 45.6 Å². The van der Waals surface area contributed by atoms with Crippen LogP contribution in [0.1, 0.15) is 10.4 Å². The number of rotatable bonds is 5. The minimum absolute atomic E-state index is 0.0867.